The topological polar surface area (TPSA) is 0 Å². The Balaban J connectivity index is 0.0000000992. The molecule has 0 bridgehead atoms. The Labute approximate surface area is 302 Å². The van der Waals surface area contributed by atoms with Gasteiger partial charge < -0.3 is 0 Å². The first-order valence-electron chi connectivity index (χ1n) is 18.0. The normalized spacial score (nSPS) is 11.5. The standard InChI is InChI=1S/C20H12.C18H12.C14H10/c1-2-7-17-15(4-1)12-16-9-8-13-5-3-6-14-10-11-18(17)20(16)19(13)14;1-3-7-15-13(5-1)9-11-18-16-8-4-2-6-14(16)10-12-17(15)18;1-3-7-13-11(5-1)9-10-12-6-2-4-8-14(12)13/h1-12H;1-12H;1-10H. The van der Waals surface area contributed by atoms with Gasteiger partial charge in [-0.2, -0.15) is 0 Å². The van der Waals surface area contributed by atoms with Crippen molar-refractivity contribution in [2.75, 3.05) is 0 Å². The summed E-state index contributed by atoms with van der Waals surface area (Å²) in [6, 6.07) is 73.9. The molecule has 0 amide bonds. The van der Waals surface area contributed by atoms with Gasteiger partial charge in [0.05, 0.1) is 0 Å². The van der Waals surface area contributed by atoms with Crippen LogP contribution >= 0.6 is 0 Å². The highest BCUT2D eigenvalue weighted by molar-refractivity contribution is 6.28. The van der Waals surface area contributed by atoms with E-state index in [4.69, 9.17) is 0 Å². The average Bonchev–Trinajstić information content (AvgIpc) is 3.23. The van der Waals surface area contributed by atoms with Crippen molar-refractivity contribution in [3.63, 3.8) is 0 Å². The predicted octanol–water partition coefficient (Wildman–Crippen LogP) is 14.9. The number of hydrogen-bond donors (Lipinski definition) is 0. The molecule has 0 radical (unpaired) electrons. The fourth-order valence-corrected chi connectivity index (χ4v) is 8.22. The Hall–Kier alpha value is -6.76. The molecule has 52 heavy (non-hydrogen) atoms. The summed E-state index contributed by atoms with van der Waals surface area (Å²) >= 11 is 0. The summed E-state index contributed by atoms with van der Waals surface area (Å²) in [7, 11) is 0. The van der Waals surface area contributed by atoms with Crippen LogP contribution < -0.4 is 0 Å². The quantitative estimate of drug-likeness (QED) is 0.112. The number of fused-ring (bicyclic) bond motifs is 10. The van der Waals surface area contributed by atoms with Gasteiger partial charge in [0.1, 0.15) is 0 Å². The highest BCUT2D eigenvalue weighted by Crippen LogP contribution is 2.38. The van der Waals surface area contributed by atoms with Crippen LogP contribution in [0.2, 0.25) is 0 Å². The van der Waals surface area contributed by atoms with Crippen LogP contribution in [0.3, 0.4) is 0 Å². The third-order valence-electron chi connectivity index (χ3n) is 10.7. The molecule has 242 valence electrons. The van der Waals surface area contributed by atoms with Gasteiger partial charge >= 0.3 is 0 Å². The van der Waals surface area contributed by atoms with Crippen molar-refractivity contribution in [1.82, 2.24) is 0 Å². The van der Waals surface area contributed by atoms with Gasteiger partial charge in [-0.3, -0.25) is 0 Å². The second kappa shape index (κ2) is 12.5. The lowest BCUT2D eigenvalue weighted by Crippen LogP contribution is -1.85. The van der Waals surface area contributed by atoms with E-state index in [-0.39, 0.29) is 0 Å². The molecular formula is C52H34. The first-order valence-corrected chi connectivity index (χ1v) is 18.0. The molecule has 0 unspecified atom stereocenters. The first-order chi connectivity index (χ1) is 25.8. The van der Waals surface area contributed by atoms with E-state index >= 15 is 0 Å². The van der Waals surface area contributed by atoms with Gasteiger partial charge in [0.15, 0.2) is 0 Å². The zero-order chi connectivity index (χ0) is 34.4. The monoisotopic (exact) mass is 658 g/mol. The van der Waals surface area contributed by atoms with Crippen LogP contribution in [0.25, 0.3) is 97.0 Å². The summed E-state index contributed by atoms with van der Waals surface area (Å²) < 4.78 is 0. The van der Waals surface area contributed by atoms with E-state index in [1.54, 1.807) is 0 Å². The molecule has 0 saturated carbocycles. The van der Waals surface area contributed by atoms with E-state index in [1.165, 1.54) is 97.0 Å². The molecule has 0 aliphatic carbocycles. The molecule has 12 aromatic carbocycles. The Morgan fingerprint density at radius 1 is 0.154 bits per heavy atom. The summed E-state index contributed by atoms with van der Waals surface area (Å²) in [6.07, 6.45) is 0. The summed E-state index contributed by atoms with van der Waals surface area (Å²) in [5.41, 5.74) is 0. The van der Waals surface area contributed by atoms with Crippen LogP contribution in [0.4, 0.5) is 0 Å². The van der Waals surface area contributed by atoms with Crippen molar-refractivity contribution in [2.45, 2.75) is 0 Å². The molecule has 0 atom stereocenters. The van der Waals surface area contributed by atoms with Gasteiger partial charge in [-0.05, 0) is 103 Å². The smallest absolute Gasteiger partial charge is 0.00204 e. The van der Waals surface area contributed by atoms with Crippen molar-refractivity contribution in [3.8, 4) is 0 Å². The maximum absolute atomic E-state index is 2.31. The van der Waals surface area contributed by atoms with Gasteiger partial charge in [0.25, 0.3) is 0 Å². The fourth-order valence-electron chi connectivity index (χ4n) is 8.22. The van der Waals surface area contributed by atoms with Gasteiger partial charge in [-0.1, -0.05) is 200 Å². The molecule has 0 aliphatic rings. The Morgan fingerprint density at radius 3 is 0.962 bits per heavy atom. The van der Waals surface area contributed by atoms with Gasteiger partial charge in [0, 0.05) is 0 Å². The zero-order valence-electron chi connectivity index (χ0n) is 28.6. The molecule has 12 aromatic rings. The molecule has 0 N–H and O–H groups in total. The highest BCUT2D eigenvalue weighted by atomic mass is 14.1. The van der Waals surface area contributed by atoms with Crippen LogP contribution in [-0.2, 0) is 0 Å². The van der Waals surface area contributed by atoms with Crippen LogP contribution in [0, 0.1) is 0 Å². The van der Waals surface area contributed by atoms with Crippen molar-refractivity contribution >= 4 is 97.0 Å². The maximum Gasteiger partial charge on any atom is -0.00204 e. The lowest BCUT2D eigenvalue weighted by Gasteiger charge is -2.12. The Kier molecular flexibility index (Phi) is 7.25. The maximum atomic E-state index is 2.31. The molecule has 0 fully saturated rings. The zero-order valence-corrected chi connectivity index (χ0v) is 28.6. The molecule has 0 aliphatic heterocycles. The highest BCUT2D eigenvalue weighted by Gasteiger charge is 2.10. The average molecular weight is 659 g/mol. The Morgan fingerprint density at radius 2 is 0.462 bits per heavy atom. The lowest BCUT2D eigenvalue weighted by molar-refractivity contribution is 1.76. The van der Waals surface area contributed by atoms with Crippen molar-refractivity contribution < 1.29 is 0 Å². The van der Waals surface area contributed by atoms with Crippen LogP contribution in [0.5, 0.6) is 0 Å². The minimum absolute atomic E-state index is 1.31. The minimum Gasteiger partial charge on any atom is -0.0616 e. The number of rotatable bonds is 0. The summed E-state index contributed by atoms with van der Waals surface area (Å²) in [6.45, 7) is 0. The SMILES string of the molecule is c1ccc2c(c1)cc1ccc3cccc4ccc2c1c34.c1ccc2c(c1)ccc1c3ccccc3ccc21.c1ccc2c(c1)ccc1ccccc12. The molecule has 0 heterocycles. The second-order valence-electron chi connectivity index (χ2n) is 13.6. The van der Waals surface area contributed by atoms with E-state index in [9.17, 15) is 0 Å². The molecule has 0 nitrogen and oxygen atoms in total. The van der Waals surface area contributed by atoms with Crippen molar-refractivity contribution in [1.29, 1.82) is 0 Å². The number of hydrogen-bond acceptors (Lipinski definition) is 0. The van der Waals surface area contributed by atoms with Crippen LogP contribution in [-0.4, -0.2) is 0 Å². The largest absolute Gasteiger partial charge is 0.0616 e. The Bertz CT molecular complexity index is 3090. The van der Waals surface area contributed by atoms with Gasteiger partial charge in [-0.15, -0.1) is 0 Å². The molecule has 0 saturated heterocycles. The number of benzene rings is 12. The molecule has 0 spiro atoms. The molecule has 0 heteroatoms. The summed E-state index contributed by atoms with van der Waals surface area (Å²) in [4.78, 5) is 0. The third kappa shape index (κ3) is 5.08. The molecule has 12 rings (SSSR count). The predicted molar refractivity (Wildman–Crippen MR) is 228 cm³/mol. The van der Waals surface area contributed by atoms with E-state index in [0.717, 1.165) is 0 Å². The minimum atomic E-state index is 1.31. The van der Waals surface area contributed by atoms with Gasteiger partial charge in [-0.25, -0.2) is 0 Å². The van der Waals surface area contributed by atoms with Crippen molar-refractivity contribution in [2.24, 2.45) is 0 Å². The molecule has 0 aromatic heterocycles. The third-order valence-corrected chi connectivity index (χ3v) is 10.7. The van der Waals surface area contributed by atoms with Gasteiger partial charge in [0.2, 0.25) is 0 Å². The summed E-state index contributed by atoms with van der Waals surface area (Å²) in [5.74, 6) is 0. The summed E-state index contributed by atoms with van der Waals surface area (Å²) in [5, 5.41) is 24.1. The van der Waals surface area contributed by atoms with Crippen LogP contribution in [0.1, 0.15) is 0 Å². The van der Waals surface area contributed by atoms with E-state index in [0.29, 0.717) is 0 Å². The second-order valence-corrected chi connectivity index (χ2v) is 13.6. The van der Waals surface area contributed by atoms with E-state index < -0.39 is 0 Å². The van der Waals surface area contributed by atoms with Crippen molar-refractivity contribution in [3.05, 3.63) is 206 Å². The van der Waals surface area contributed by atoms with E-state index in [1.807, 2.05) is 0 Å². The fraction of sp³-hybridized carbons (Fsp3) is 0. The lowest BCUT2D eigenvalue weighted by atomic mass is 9.91. The first kappa shape index (κ1) is 30.1. The molecular weight excluding hydrogens is 625 g/mol. The van der Waals surface area contributed by atoms with Crippen LogP contribution in [0.15, 0.2) is 206 Å². The van der Waals surface area contributed by atoms with E-state index in [2.05, 4.69) is 206 Å².